The molecule has 1 aliphatic carbocycles. The smallest absolute Gasteiger partial charge is 0.210 e. The molecule has 2 aromatic rings. The lowest BCUT2D eigenvalue weighted by molar-refractivity contribution is 0.272. The zero-order chi connectivity index (χ0) is 20.4. The molecule has 3 heterocycles. The van der Waals surface area contributed by atoms with Crippen molar-refractivity contribution in [3.63, 3.8) is 0 Å². The van der Waals surface area contributed by atoms with Gasteiger partial charge in [0, 0.05) is 37.9 Å². The lowest BCUT2D eigenvalue weighted by atomic mass is 9.87. The van der Waals surface area contributed by atoms with Crippen LogP contribution in [0.5, 0.6) is 0 Å². The van der Waals surface area contributed by atoms with Crippen LogP contribution in [0.4, 0.5) is 5.82 Å². The molecule has 8 heteroatoms. The van der Waals surface area contributed by atoms with Gasteiger partial charge in [0.15, 0.2) is 0 Å². The quantitative estimate of drug-likeness (QED) is 0.462. The number of aliphatic imine (C=N–C) groups is 1. The predicted octanol–water partition coefficient (Wildman–Crippen LogP) is 2.78. The van der Waals surface area contributed by atoms with Gasteiger partial charge in [-0.05, 0) is 51.0 Å². The average Bonchev–Trinajstić information content (AvgIpc) is 3.10. The summed E-state index contributed by atoms with van der Waals surface area (Å²) in [6.45, 7) is 9.04. The van der Waals surface area contributed by atoms with Gasteiger partial charge in [-0.25, -0.2) is 9.97 Å². The number of guanidine groups is 1. The number of aromatic amines is 1. The van der Waals surface area contributed by atoms with E-state index >= 15 is 0 Å². The molecule has 0 bridgehead atoms. The summed E-state index contributed by atoms with van der Waals surface area (Å²) < 4.78 is 0. The lowest BCUT2D eigenvalue weighted by Crippen LogP contribution is -2.58. The van der Waals surface area contributed by atoms with E-state index in [0.717, 1.165) is 66.8 Å². The number of hydrogen-bond acceptors (Lipinski definition) is 5. The number of nitrogens with zero attached hydrogens (tertiary/aromatic N) is 6. The third-order valence-electron chi connectivity index (χ3n) is 6.35. The Balaban J connectivity index is 1.48. The van der Waals surface area contributed by atoms with Gasteiger partial charge in [0.05, 0.1) is 5.39 Å². The summed E-state index contributed by atoms with van der Waals surface area (Å²) in [5.41, 5.74) is 2.04. The Morgan fingerprint density at radius 1 is 1.24 bits per heavy atom. The van der Waals surface area contributed by atoms with Crippen molar-refractivity contribution in [2.75, 3.05) is 24.5 Å². The van der Waals surface area contributed by atoms with Crippen molar-refractivity contribution >= 4 is 22.8 Å². The molecule has 0 radical (unpaired) electrons. The molecule has 0 aromatic carbocycles. The molecule has 1 atom stereocenters. The summed E-state index contributed by atoms with van der Waals surface area (Å²) in [5.74, 6) is 2.51. The van der Waals surface area contributed by atoms with Crippen molar-refractivity contribution in [1.82, 2.24) is 25.2 Å². The van der Waals surface area contributed by atoms with Gasteiger partial charge >= 0.3 is 0 Å². The van der Waals surface area contributed by atoms with Crippen LogP contribution in [0.15, 0.2) is 17.5 Å². The Hall–Kier alpha value is -2.82. The first-order valence-corrected chi connectivity index (χ1v) is 10.6. The van der Waals surface area contributed by atoms with Crippen molar-refractivity contribution in [1.29, 1.82) is 5.26 Å². The number of anilines is 1. The van der Waals surface area contributed by atoms with E-state index in [1.165, 1.54) is 12.8 Å². The number of nitrogens with one attached hydrogen (secondary N) is 2. The summed E-state index contributed by atoms with van der Waals surface area (Å²) in [4.78, 5) is 20.9. The second-order valence-corrected chi connectivity index (χ2v) is 8.52. The van der Waals surface area contributed by atoms with E-state index in [0.29, 0.717) is 6.04 Å². The lowest BCUT2D eigenvalue weighted by Gasteiger charge is -2.42. The van der Waals surface area contributed by atoms with E-state index in [1.807, 2.05) is 12.4 Å². The highest BCUT2D eigenvalue weighted by Crippen LogP contribution is 2.28. The molecule has 4 rings (SSSR count). The Morgan fingerprint density at radius 3 is 2.76 bits per heavy atom. The zero-order valence-electron chi connectivity index (χ0n) is 17.5. The molecular weight excluding hydrogens is 364 g/mol. The molecule has 2 aliphatic rings. The normalized spacial score (nSPS) is 25.9. The highest BCUT2D eigenvalue weighted by atomic mass is 15.4. The van der Waals surface area contributed by atoms with Gasteiger partial charge in [-0.15, -0.1) is 4.99 Å². The molecule has 154 valence electrons. The molecule has 1 aliphatic heterocycles. The van der Waals surface area contributed by atoms with Crippen LogP contribution in [0.2, 0.25) is 0 Å². The van der Waals surface area contributed by atoms with E-state index in [4.69, 9.17) is 0 Å². The van der Waals surface area contributed by atoms with Crippen LogP contribution in [0.3, 0.4) is 0 Å². The van der Waals surface area contributed by atoms with E-state index < -0.39 is 0 Å². The van der Waals surface area contributed by atoms with Crippen LogP contribution >= 0.6 is 0 Å². The van der Waals surface area contributed by atoms with Gasteiger partial charge in [-0.1, -0.05) is 6.92 Å². The fourth-order valence-corrected chi connectivity index (χ4v) is 4.62. The standard InChI is InChI=1S/C21H30N8/c1-14-4-6-17(7-5-14)27-21(24-12-22)29-9-8-28(11-16(29)3)20-18-15(2)10-23-19(18)25-13-26-20/h10,13-14,16-17H,4-9,11H2,1-3H3,(H,24,27)(H,23,25,26)/t14?,16-,17?/m0/s1. The minimum absolute atomic E-state index is 0.218. The van der Waals surface area contributed by atoms with E-state index in [1.54, 1.807) is 6.33 Å². The molecule has 0 amide bonds. The highest BCUT2D eigenvalue weighted by Gasteiger charge is 2.30. The van der Waals surface area contributed by atoms with Crippen LogP contribution in [0.1, 0.15) is 45.1 Å². The van der Waals surface area contributed by atoms with Crippen molar-refractivity contribution in [3.8, 4) is 6.19 Å². The zero-order valence-corrected chi connectivity index (χ0v) is 17.5. The van der Waals surface area contributed by atoms with Crippen LogP contribution in [0, 0.1) is 24.3 Å². The van der Waals surface area contributed by atoms with Crippen LogP contribution in [-0.4, -0.2) is 57.5 Å². The number of hydrogen-bond donors (Lipinski definition) is 2. The molecule has 29 heavy (non-hydrogen) atoms. The first kappa shape index (κ1) is 19.5. The molecule has 2 fully saturated rings. The molecular formula is C21H30N8. The predicted molar refractivity (Wildman–Crippen MR) is 115 cm³/mol. The number of H-pyrrole nitrogens is 1. The number of piperazine rings is 1. The first-order chi connectivity index (χ1) is 14.1. The van der Waals surface area contributed by atoms with Gasteiger partial charge in [-0.3, -0.25) is 0 Å². The molecule has 1 saturated carbocycles. The van der Waals surface area contributed by atoms with E-state index in [2.05, 4.69) is 55.8 Å². The number of aromatic nitrogens is 3. The molecule has 2 N–H and O–H groups in total. The molecule has 2 aromatic heterocycles. The Kier molecular flexibility index (Phi) is 5.56. The minimum Gasteiger partial charge on any atom is -0.353 e. The van der Waals surface area contributed by atoms with Gasteiger partial charge in [-0.2, -0.15) is 5.26 Å². The summed E-state index contributed by atoms with van der Waals surface area (Å²) >= 11 is 0. The molecule has 8 nitrogen and oxygen atoms in total. The minimum atomic E-state index is 0.218. The summed E-state index contributed by atoms with van der Waals surface area (Å²) in [6, 6.07) is 0.627. The fraction of sp³-hybridized carbons (Fsp3) is 0.619. The number of nitriles is 1. The van der Waals surface area contributed by atoms with Gasteiger partial charge < -0.3 is 20.1 Å². The Labute approximate surface area is 172 Å². The van der Waals surface area contributed by atoms with Gasteiger partial charge in [0.25, 0.3) is 0 Å². The van der Waals surface area contributed by atoms with Crippen molar-refractivity contribution in [3.05, 3.63) is 18.1 Å². The van der Waals surface area contributed by atoms with E-state index in [9.17, 15) is 5.26 Å². The van der Waals surface area contributed by atoms with E-state index in [-0.39, 0.29) is 6.04 Å². The van der Waals surface area contributed by atoms with Crippen molar-refractivity contribution in [2.24, 2.45) is 10.9 Å². The third kappa shape index (κ3) is 4.00. The summed E-state index contributed by atoms with van der Waals surface area (Å²) in [5, 5.41) is 13.9. The number of aryl methyl sites for hydroxylation is 1. The summed E-state index contributed by atoms with van der Waals surface area (Å²) in [6.07, 6.45) is 10.4. The maximum atomic E-state index is 9.25. The largest absolute Gasteiger partial charge is 0.353 e. The van der Waals surface area contributed by atoms with Crippen LogP contribution in [-0.2, 0) is 0 Å². The number of rotatable bonds is 2. The van der Waals surface area contributed by atoms with Gasteiger partial charge in [0.1, 0.15) is 17.8 Å². The monoisotopic (exact) mass is 394 g/mol. The van der Waals surface area contributed by atoms with Crippen molar-refractivity contribution < 1.29 is 0 Å². The van der Waals surface area contributed by atoms with Crippen molar-refractivity contribution in [2.45, 2.75) is 58.5 Å². The highest BCUT2D eigenvalue weighted by molar-refractivity contribution is 5.90. The first-order valence-electron chi connectivity index (χ1n) is 10.6. The third-order valence-corrected chi connectivity index (χ3v) is 6.35. The molecule has 0 unspecified atom stereocenters. The Morgan fingerprint density at radius 2 is 2.03 bits per heavy atom. The summed E-state index contributed by atoms with van der Waals surface area (Å²) in [7, 11) is 0. The van der Waals surface area contributed by atoms with Crippen LogP contribution < -0.4 is 10.2 Å². The average molecular weight is 395 g/mol. The van der Waals surface area contributed by atoms with Crippen LogP contribution in [0.25, 0.3) is 11.0 Å². The second kappa shape index (κ2) is 8.27. The SMILES string of the molecule is Cc1c[nH]c2ncnc(N3CCN(/C(=N/C#N)NC4CCC(C)CC4)[C@@H](C)C3)c12. The molecule has 0 spiro atoms. The fourth-order valence-electron chi connectivity index (χ4n) is 4.62. The number of fused-ring (bicyclic) bond motifs is 1. The Bertz CT molecular complexity index is 918. The maximum absolute atomic E-state index is 9.25. The maximum Gasteiger partial charge on any atom is 0.210 e. The molecule has 1 saturated heterocycles. The topological polar surface area (TPSA) is 96.2 Å². The second-order valence-electron chi connectivity index (χ2n) is 8.52. The van der Waals surface area contributed by atoms with Gasteiger partial charge in [0.2, 0.25) is 12.2 Å².